The molecular weight excluding hydrogens is 1220 g/mol. The third kappa shape index (κ3) is 9.32. The van der Waals surface area contributed by atoms with Crippen LogP contribution in [0.4, 0.5) is 64.1 Å². The normalized spacial score (nSPS) is 20.7. The van der Waals surface area contributed by atoms with Crippen LogP contribution in [0.25, 0.3) is 11.1 Å². The van der Waals surface area contributed by atoms with Gasteiger partial charge in [0.15, 0.2) is 0 Å². The van der Waals surface area contributed by atoms with Crippen molar-refractivity contribution in [3.05, 3.63) is 187 Å². The maximum atomic E-state index is 15.7. The summed E-state index contributed by atoms with van der Waals surface area (Å²) >= 11 is 0. The zero-order chi connectivity index (χ0) is 65.7. The molecular formula is C67H52F12N4O8. The number of anilines is 2. The van der Waals surface area contributed by atoms with Gasteiger partial charge in [-0.1, -0.05) is 69.0 Å². The summed E-state index contributed by atoms with van der Waals surface area (Å²) < 4.78 is 186. The van der Waals surface area contributed by atoms with E-state index in [1.54, 1.807) is 0 Å². The summed E-state index contributed by atoms with van der Waals surface area (Å²) in [6.07, 6.45) is -17.0. The van der Waals surface area contributed by atoms with Crippen LogP contribution in [-0.4, -0.2) is 94.9 Å². The number of halogens is 12. The monoisotopic (exact) mass is 1270 g/mol. The molecule has 0 saturated heterocycles. The Morgan fingerprint density at radius 2 is 0.637 bits per heavy atom. The maximum absolute atomic E-state index is 15.7. The zero-order valence-corrected chi connectivity index (χ0v) is 48.7. The van der Waals surface area contributed by atoms with Gasteiger partial charge in [-0.25, -0.2) is 9.80 Å². The quantitative estimate of drug-likeness (QED) is 0.0972. The number of aryl methyl sites for hydroxylation is 2. The smallest absolute Gasteiger partial charge is 0.277 e. The van der Waals surface area contributed by atoms with Gasteiger partial charge in [-0.2, -0.15) is 52.7 Å². The van der Waals surface area contributed by atoms with Crippen LogP contribution in [0, 0.1) is 31.6 Å². The minimum atomic E-state index is -6.21. The van der Waals surface area contributed by atoms with Gasteiger partial charge in [-0.15, -0.1) is 0 Å². The lowest BCUT2D eigenvalue weighted by molar-refractivity contribution is -0.290. The molecule has 0 atom stereocenters. The topological polar surface area (TPSA) is 150 Å². The van der Waals surface area contributed by atoms with Crippen LogP contribution in [0.1, 0.15) is 181 Å². The second-order valence-electron chi connectivity index (χ2n) is 24.6. The second kappa shape index (κ2) is 21.3. The van der Waals surface area contributed by atoms with E-state index >= 15 is 52.7 Å². The van der Waals surface area contributed by atoms with E-state index in [2.05, 4.69) is 6.92 Å². The van der Waals surface area contributed by atoms with E-state index in [0.29, 0.717) is 147 Å². The highest BCUT2D eigenvalue weighted by Gasteiger charge is 2.74. The number of carbonyl (C=O) groups is 8. The van der Waals surface area contributed by atoms with Crippen molar-refractivity contribution in [3.8, 4) is 11.1 Å². The largest absolute Gasteiger partial charge is 0.411 e. The average Bonchev–Trinajstić information content (AvgIpc) is 1.54. The number of rotatable bonds is 10. The molecule has 24 heteroatoms. The lowest BCUT2D eigenvalue weighted by Gasteiger charge is -2.38. The van der Waals surface area contributed by atoms with E-state index in [1.165, 1.54) is 50.2 Å². The Morgan fingerprint density at radius 3 is 1.00 bits per heavy atom. The van der Waals surface area contributed by atoms with E-state index in [0.717, 1.165) is 50.1 Å². The number of carbonyl (C=O) groups excluding carboxylic acids is 8. The first-order valence-corrected chi connectivity index (χ1v) is 29.2. The van der Waals surface area contributed by atoms with Crippen molar-refractivity contribution < 1.29 is 91.0 Å². The summed E-state index contributed by atoms with van der Waals surface area (Å²) in [4.78, 5) is 112. The number of hydrogen-bond acceptors (Lipinski definition) is 8. The molecule has 6 aromatic rings. The van der Waals surface area contributed by atoms with Crippen molar-refractivity contribution in [1.29, 1.82) is 0 Å². The first-order valence-electron chi connectivity index (χ1n) is 29.2. The van der Waals surface area contributed by atoms with E-state index < -0.39 is 150 Å². The van der Waals surface area contributed by atoms with Crippen LogP contribution < -0.4 is 9.80 Å². The molecule has 0 unspecified atom stereocenters. The summed E-state index contributed by atoms with van der Waals surface area (Å²) in [5, 5.41) is 0. The van der Waals surface area contributed by atoms with Gasteiger partial charge >= 0.3 is 24.7 Å². The predicted octanol–water partition coefficient (Wildman–Crippen LogP) is 15.0. The first kappa shape index (κ1) is 62.2. The standard InChI is InChI=1S/C67H52F12N4O8/c1-32-5-7-35(8-6-32)27-36-9-15-41(16-10-36)81-56(86)47-20-12-38(29-51(47)59(81)89)63(66(74,75)76,67(77,78)79)40-14-22-49-53(31-40)61(91)83(58(49)88)43-18-24-45(34(3)26-43)44-23-17-42(25-33(44)2)82-57(87)48-21-13-39(30-52(48)60(82)90)62(64(68,69)70,65(71,72)73)37-11-19-46-50(28-37)55(85)80(4)54(46)84/h11-14,17-26,28-32,35-36,41H,5-10,15-16,27H2,1-4H3. The van der Waals surface area contributed by atoms with Crippen molar-refractivity contribution in [1.82, 2.24) is 9.80 Å². The molecule has 472 valence electrons. The van der Waals surface area contributed by atoms with Crippen LogP contribution in [0.15, 0.2) is 109 Å². The average molecular weight is 1270 g/mol. The molecule has 0 N–H and O–H groups in total. The number of amides is 8. The molecule has 2 saturated carbocycles. The number of hydrogen-bond donors (Lipinski definition) is 0. The van der Waals surface area contributed by atoms with Gasteiger partial charge in [0.1, 0.15) is 0 Å². The fourth-order valence-electron chi connectivity index (χ4n) is 14.7. The molecule has 6 aliphatic rings. The molecule has 0 aromatic heterocycles. The van der Waals surface area contributed by atoms with Crippen molar-refractivity contribution in [2.45, 2.75) is 120 Å². The Kier molecular flexibility index (Phi) is 14.6. The van der Waals surface area contributed by atoms with Gasteiger partial charge in [-0.05, 0) is 181 Å². The molecule has 2 fully saturated rings. The van der Waals surface area contributed by atoms with Gasteiger partial charge < -0.3 is 0 Å². The highest BCUT2D eigenvalue weighted by Crippen LogP contribution is 2.59. The molecule has 0 spiro atoms. The summed E-state index contributed by atoms with van der Waals surface area (Å²) in [6, 6.07) is 13.2. The lowest BCUT2D eigenvalue weighted by atomic mass is 9.71. The van der Waals surface area contributed by atoms with Gasteiger partial charge in [-0.3, -0.25) is 48.2 Å². The molecule has 0 radical (unpaired) electrons. The molecule has 0 bridgehead atoms. The van der Waals surface area contributed by atoms with Gasteiger partial charge in [0.2, 0.25) is 10.8 Å². The molecule has 91 heavy (non-hydrogen) atoms. The minimum Gasteiger partial charge on any atom is -0.277 e. The van der Waals surface area contributed by atoms with Crippen LogP contribution in [0.2, 0.25) is 0 Å². The number of alkyl halides is 12. The maximum Gasteiger partial charge on any atom is 0.411 e. The summed E-state index contributed by atoms with van der Waals surface area (Å²) in [5.41, 5.74) is -19.6. The molecule has 12 nitrogen and oxygen atoms in total. The second-order valence-corrected chi connectivity index (χ2v) is 24.6. The highest BCUT2D eigenvalue weighted by atomic mass is 19.4. The summed E-state index contributed by atoms with van der Waals surface area (Å²) in [7, 11) is 0.993. The fourth-order valence-corrected chi connectivity index (χ4v) is 14.7. The Balaban J connectivity index is 0.795. The molecule has 8 amide bonds. The SMILES string of the molecule is Cc1cc(N2C(=O)c3ccc(C(c4ccc5c(c4)C(=O)N(C)C5=O)(C(F)(F)F)C(F)(F)F)cc3C2=O)ccc1-c1ccc(N2C(=O)c3ccc(C(c4ccc5c(c4)C(=O)N(C4CCC(CC6CCC(C)CC6)CC4)C5=O)(C(F)(F)F)C(F)(F)F)cc3C2=O)cc1C. The van der Waals surface area contributed by atoms with Crippen molar-refractivity contribution in [2.75, 3.05) is 16.8 Å². The Hall–Kier alpha value is -8.96. The third-order valence-corrected chi connectivity index (χ3v) is 19.4. The number of imide groups is 4. The number of fused-ring (bicyclic) bond motifs is 4. The Morgan fingerprint density at radius 1 is 0.352 bits per heavy atom. The Bertz CT molecular complexity index is 4160. The van der Waals surface area contributed by atoms with Crippen LogP contribution in [-0.2, 0) is 10.8 Å². The van der Waals surface area contributed by atoms with Gasteiger partial charge in [0.25, 0.3) is 47.3 Å². The Labute approximate surface area is 510 Å². The van der Waals surface area contributed by atoms with Crippen LogP contribution >= 0.6 is 0 Å². The van der Waals surface area contributed by atoms with Crippen LogP contribution in [0.3, 0.4) is 0 Å². The van der Waals surface area contributed by atoms with E-state index in [9.17, 15) is 38.4 Å². The lowest BCUT2D eigenvalue weighted by Crippen LogP contribution is -2.55. The van der Waals surface area contributed by atoms with Crippen molar-refractivity contribution in [3.63, 3.8) is 0 Å². The molecule has 2 aliphatic carbocycles. The zero-order valence-electron chi connectivity index (χ0n) is 48.7. The number of benzene rings is 6. The summed E-state index contributed by atoms with van der Waals surface area (Å²) in [6.45, 7) is 5.26. The van der Waals surface area contributed by atoms with Crippen molar-refractivity contribution in [2.24, 2.45) is 17.8 Å². The fraction of sp³-hybridized carbons (Fsp3) is 0.343. The summed E-state index contributed by atoms with van der Waals surface area (Å²) in [5.74, 6) is -7.18. The van der Waals surface area contributed by atoms with E-state index in [4.69, 9.17) is 0 Å². The van der Waals surface area contributed by atoms with Gasteiger partial charge in [0, 0.05) is 13.1 Å². The van der Waals surface area contributed by atoms with E-state index in [1.807, 2.05) is 0 Å². The molecule has 4 heterocycles. The number of nitrogens with zero attached hydrogens (tertiary/aromatic N) is 4. The molecule has 6 aromatic carbocycles. The molecule has 12 rings (SSSR count). The highest BCUT2D eigenvalue weighted by molar-refractivity contribution is 6.35. The predicted molar refractivity (Wildman–Crippen MR) is 304 cm³/mol. The van der Waals surface area contributed by atoms with Crippen molar-refractivity contribution >= 4 is 58.6 Å². The third-order valence-electron chi connectivity index (χ3n) is 19.4. The molecule has 4 aliphatic heterocycles. The van der Waals surface area contributed by atoms with Crippen LogP contribution in [0.5, 0.6) is 0 Å². The first-order chi connectivity index (χ1) is 42.6. The van der Waals surface area contributed by atoms with E-state index in [-0.39, 0.29) is 16.9 Å². The van der Waals surface area contributed by atoms with Gasteiger partial charge in [0.05, 0.1) is 55.9 Å². The minimum absolute atomic E-state index is 0.169.